The zero-order valence-corrected chi connectivity index (χ0v) is 14.5. The molecule has 2 atom stereocenters. The Morgan fingerprint density at radius 3 is 2.79 bits per heavy atom. The Labute approximate surface area is 142 Å². The fourth-order valence-electron chi connectivity index (χ4n) is 3.33. The van der Waals surface area contributed by atoms with Crippen LogP contribution in [0.1, 0.15) is 19.8 Å². The van der Waals surface area contributed by atoms with E-state index in [0.29, 0.717) is 12.4 Å². The van der Waals surface area contributed by atoms with Crippen molar-refractivity contribution in [3.8, 4) is 5.88 Å². The van der Waals surface area contributed by atoms with Gasteiger partial charge >= 0.3 is 0 Å². The molecule has 7 nitrogen and oxygen atoms in total. The van der Waals surface area contributed by atoms with Gasteiger partial charge in [0.25, 0.3) is 0 Å². The molecule has 4 rings (SSSR count). The number of aromatic nitrogens is 3. The van der Waals surface area contributed by atoms with E-state index in [1.165, 1.54) is 0 Å². The molecule has 0 spiro atoms. The second kappa shape index (κ2) is 5.13. The lowest BCUT2D eigenvalue weighted by molar-refractivity contribution is 0.188. The highest BCUT2D eigenvalue weighted by Crippen LogP contribution is 2.42. The van der Waals surface area contributed by atoms with E-state index in [0.717, 1.165) is 19.1 Å². The first-order valence-electron chi connectivity index (χ1n) is 7.47. The summed E-state index contributed by atoms with van der Waals surface area (Å²) in [6, 6.07) is 0.00606. The number of ether oxygens (including phenoxy) is 1. The van der Waals surface area contributed by atoms with Gasteiger partial charge in [-0.15, -0.1) is 0 Å². The summed E-state index contributed by atoms with van der Waals surface area (Å²) in [4.78, 5) is 14.0. The van der Waals surface area contributed by atoms with Crippen molar-refractivity contribution in [3.05, 3.63) is 11.0 Å². The first-order valence-corrected chi connectivity index (χ1v) is 9.74. The number of fused-ring (bicyclic) bond motifs is 2. The van der Waals surface area contributed by atoms with Crippen LogP contribution in [0.2, 0.25) is 5.15 Å². The molecular weight excluding hydrogens is 359 g/mol. The second-order valence-electron chi connectivity index (χ2n) is 6.07. The van der Waals surface area contributed by atoms with E-state index in [-0.39, 0.29) is 28.9 Å². The van der Waals surface area contributed by atoms with Crippen molar-refractivity contribution in [2.45, 2.75) is 37.1 Å². The third-order valence-electron chi connectivity index (χ3n) is 4.41. The lowest BCUT2D eigenvalue weighted by atomic mass is 10.1. The largest absolute Gasteiger partial charge is 0.472 e. The molecule has 0 aliphatic carbocycles. The number of sulfone groups is 1. The highest BCUT2D eigenvalue weighted by molar-refractivity contribution is 7.90. The maximum atomic E-state index is 14.5. The van der Waals surface area contributed by atoms with Crippen LogP contribution in [0.15, 0.2) is 5.16 Å². The minimum Gasteiger partial charge on any atom is -0.472 e. The van der Waals surface area contributed by atoms with Crippen LogP contribution in [0.4, 0.5) is 10.2 Å². The Morgan fingerprint density at radius 1 is 1.33 bits per heavy atom. The summed E-state index contributed by atoms with van der Waals surface area (Å²) in [6.07, 6.45) is 2.54. The lowest BCUT2D eigenvalue weighted by Crippen LogP contribution is -2.39. The molecule has 4 heterocycles. The standard InChI is InChI=1S/C14H14ClFN4O3S/c1-6-7-4-3-5-20(7)12-8-10(17-14(19-12)24(2,21)22)9(16)11(15)18-13(8)23-6/h6-7H,3-5H2,1-2H3/t6-,7+/m1/s1. The zero-order valence-electron chi connectivity index (χ0n) is 13.0. The van der Waals surface area contributed by atoms with Gasteiger partial charge in [0.1, 0.15) is 22.8 Å². The van der Waals surface area contributed by atoms with Crippen molar-refractivity contribution in [2.75, 3.05) is 17.7 Å². The van der Waals surface area contributed by atoms with Gasteiger partial charge in [-0.1, -0.05) is 11.6 Å². The molecule has 2 aromatic rings. The van der Waals surface area contributed by atoms with Crippen molar-refractivity contribution in [2.24, 2.45) is 0 Å². The van der Waals surface area contributed by atoms with Crippen molar-refractivity contribution < 1.29 is 17.5 Å². The Morgan fingerprint density at radius 2 is 2.08 bits per heavy atom. The summed E-state index contributed by atoms with van der Waals surface area (Å²) in [6.45, 7) is 2.57. The Bertz CT molecular complexity index is 968. The number of anilines is 1. The summed E-state index contributed by atoms with van der Waals surface area (Å²) in [5, 5.41) is -0.575. The molecule has 0 radical (unpaired) electrons. The monoisotopic (exact) mass is 372 g/mol. The number of rotatable bonds is 1. The molecule has 128 valence electrons. The van der Waals surface area contributed by atoms with Gasteiger partial charge in [0, 0.05) is 12.8 Å². The van der Waals surface area contributed by atoms with Crippen LogP contribution in [0.5, 0.6) is 5.88 Å². The van der Waals surface area contributed by atoms with Crippen molar-refractivity contribution in [1.82, 2.24) is 15.0 Å². The van der Waals surface area contributed by atoms with Crippen molar-refractivity contribution >= 4 is 38.2 Å². The van der Waals surface area contributed by atoms with Gasteiger partial charge < -0.3 is 9.64 Å². The normalized spacial score (nSPS) is 23.1. The molecule has 0 aromatic carbocycles. The van der Waals surface area contributed by atoms with Crippen LogP contribution in [-0.2, 0) is 9.84 Å². The van der Waals surface area contributed by atoms with Crippen LogP contribution in [-0.4, -0.2) is 48.3 Å². The summed E-state index contributed by atoms with van der Waals surface area (Å²) in [5.41, 5.74) is -0.185. The van der Waals surface area contributed by atoms with Crippen molar-refractivity contribution in [3.63, 3.8) is 0 Å². The van der Waals surface area contributed by atoms with Gasteiger partial charge in [0.15, 0.2) is 11.0 Å². The van der Waals surface area contributed by atoms with Gasteiger partial charge in [0.2, 0.25) is 20.9 Å². The number of hydrogen-bond acceptors (Lipinski definition) is 7. The molecule has 0 bridgehead atoms. The van der Waals surface area contributed by atoms with E-state index in [4.69, 9.17) is 16.3 Å². The first-order chi connectivity index (χ1) is 11.3. The Kier molecular flexibility index (Phi) is 3.37. The molecule has 0 saturated carbocycles. The Balaban J connectivity index is 2.14. The summed E-state index contributed by atoms with van der Waals surface area (Å²) in [5.74, 6) is -0.406. The Hall–Kier alpha value is -1.74. The summed E-state index contributed by atoms with van der Waals surface area (Å²) >= 11 is 5.85. The highest BCUT2D eigenvalue weighted by atomic mass is 35.5. The fraction of sp³-hybridized carbons (Fsp3) is 0.500. The molecule has 0 unspecified atom stereocenters. The predicted molar refractivity (Wildman–Crippen MR) is 85.9 cm³/mol. The van der Waals surface area contributed by atoms with E-state index >= 15 is 0 Å². The molecule has 24 heavy (non-hydrogen) atoms. The average Bonchev–Trinajstić information content (AvgIpc) is 2.96. The smallest absolute Gasteiger partial charge is 0.249 e. The SMILES string of the molecule is C[C@H]1Oc2nc(Cl)c(F)c3nc(S(C)(=O)=O)nc(c23)N2CCC[C@@H]12. The maximum Gasteiger partial charge on any atom is 0.249 e. The molecule has 0 N–H and O–H groups in total. The molecule has 2 aromatic heterocycles. The molecule has 0 amide bonds. The zero-order chi connectivity index (χ0) is 17.2. The van der Waals surface area contributed by atoms with E-state index in [1.54, 1.807) is 0 Å². The maximum absolute atomic E-state index is 14.5. The molecule has 2 aliphatic heterocycles. The van der Waals surface area contributed by atoms with Gasteiger partial charge in [0.05, 0.1) is 6.04 Å². The van der Waals surface area contributed by atoms with Gasteiger partial charge in [-0.25, -0.2) is 22.8 Å². The minimum absolute atomic E-state index is 0.00606. The number of halogens is 2. The average molecular weight is 373 g/mol. The summed E-state index contributed by atoms with van der Waals surface area (Å²) in [7, 11) is -3.72. The van der Waals surface area contributed by atoms with Gasteiger partial charge in [-0.05, 0) is 19.8 Å². The molecule has 1 fully saturated rings. The topological polar surface area (TPSA) is 85.3 Å². The second-order valence-corrected chi connectivity index (χ2v) is 8.34. The molecule has 10 heteroatoms. The number of hydrogen-bond donors (Lipinski definition) is 0. The lowest BCUT2D eigenvalue weighted by Gasteiger charge is -2.27. The number of nitrogens with zero attached hydrogens (tertiary/aromatic N) is 4. The van der Waals surface area contributed by atoms with Crippen LogP contribution < -0.4 is 9.64 Å². The van der Waals surface area contributed by atoms with Gasteiger partial charge in [-0.2, -0.15) is 4.98 Å². The minimum atomic E-state index is -3.72. The van der Waals surface area contributed by atoms with Crippen LogP contribution in [0.3, 0.4) is 0 Å². The number of pyridine rings is 1. The van der Waals surface area contributed by atoms with Crippen LogP contribution >= 0.6 is 11.6 Å². The van der Waals surface area contributed by atoms with Crippen molar-refractivity contribution in [1.29, 1.82) is 0 Å². The summed E-state index contributed by atoms with van der Waals surface area (Å²) < 4.78 is 44.3. The quantitative estimate of drug-likeness (QED) is 0.558. The molecular formula is C14H14ClFN4O3S. The first kappa shape index (κ1) is 15.8. The third-order valence-corrected chi connectivity index (χ3v) is 5.51. The van der Waals surface area contributed by atoms with E-state index in [1.807, 2.05) is 11.8 Å². The van der Waals surface area contributed by atoms with E-state index in [2.05, 4.69) is 15.0 Å². The van der Waals surface area contributed by atoms with E-state index < -0.39 is 26.0 Å². The van der Waals surface area contributed by atoms with Crippen LogP contribution in [0.25, 0.3) is 10.9 Å². The fourth-order valence-corrected chi connectivity index (χ4v) is 4.01. The van der Waals surface area contributed by atoms with E-state index in [9.17, 15) is 12.8 Å². The third kappa shape index (κ3) is 2.21. The van der Waals surface area contributed by atoms with Crippen LogP contribution in [0, 0.1) is 5.82 Å². The van der Waals surface area contributed by atoms with Gasteiger partial charge in [-0.3, -0.25) is 0 Å². The molecule has 1 saturated heterocycles. The molecule has 2 aliphatic rings. The highest BCUT2D eigenvalue weighted by Gasteiger charge is 2.38. The predicted octanol–water partition coefficient (Wildman–Crippen LogP) is 1.97.